The zero-order valence-electron chi connectivity index (χ0n) is 9.40. The summed E-state index contributed by atoms with van der Waals surface area (Å²) in [5, 5.41) is 18.1. The van der Waals surface area contributed by atoms with Crippen LogP contribution in [0.2, 0.25) is 0 Å². The fourth-order valence-electron chi connectivity index (χ4n) is 1.85. The number of aliphatic carboxylic acids is 1. The van der Waals surface area contributed by atoms with Crippen molar-refractivity contribution in [1.29, 1.82) is 0 Å². The van der Waals surface area contributed by atoms with Gasteiger partial charge in [-0.2, -0.15) is 0 Å². The summed E-state index contributed by atoms with van der Waals surface area (Å²) in [6, 6.07) is 5.43. The molecule has 0 heterocycles. The standard InChI is InChI=1S/C12H16FNO3/c13-10-4-1-3-9(7-10)12(8-14,11(16)17)5-2-6-15/h1,3-4,7,15H,2,5-6,8,14H2,(H,16,17). The normalized spacial score (nSPS) is 14.3. The van der Waals surface area contributed by atoms with Crippen molar-refractivity contribution in [2.24, 2.45) is 5.73 Å². The fourth-order valence-corrected chi connectivity index (χ4v) is 1.85. The average molecular weight is 241 g/mol. The summed E-state index contributed by atoms with van der Waals surface area (Å²) in [4.78, 5) is 11.4. The summed E-state index contributed by atoms with van der Waals surface area (Å²) in [5.41, 5.74) is 4.55. The second-order valence-corrected chi connectivity index (χ2v) is 3.93. The second kappa shape index (κ2) is 5.75. The van der Waals surface area contributed by atoms with E-state index in [1.807, 2.05) is 0 Å². The van der Waals surface area contributed by atoms with Gasteiger partial charge in [-0.05, 0) is 30.5 Å². The highest BCUT2D eigenvalue weighted by Crippen LogP contribution is 2.29. The fraction of sp³-hybridized carbons (Fsp3) is 0.417. The molecule has 0 saturated carbocycles. The molecule has 1 atom stereocenters. The molecule has 4 nitrogen and oxygen atoms in total. The van der Waals surface area contributed by atoms with E-state index in [1.165, 1.54) is 18.2 Å². The lowest BCUT2D eigenvalue weighted by atomic mass is 9.76. The maximum atomic E-state index is 13.1. The second-order valence-electron chi connectivity index (χ2n) is 3.93. The number of rotatable bonds is 6. The summed E-state index contributed by atoms with van der Waals surface area (Å²) < 4.78 is 13.1. The predicted octanol–water partition coefficient (Wildman–Crippen LogP) is 0.879. The number of carboxylic acid groups (broad SMARTS) is 1. The van der Waals surface area contributed by atoms with Crippen molar-refractivity contribution in [1.82, 2.24) is 0 Å². The first-order valence-corrected chi connectivity index (χ1v) is 5.37. The van der Waals surface area contributed by atoms with Gasteiger partial charge in [-0.1, -0.05) is 12.1 Å². The first-order chi connectivity index (χ1) is 8.06. The van der Waals surface area contributed by atoms with Gasteiger partial charge >= 0.3 is 5.97 Å². The highest BCUT2D eigenvalue weighted by atomic mass is 19.1. The summed E-state index contributed by atoms with van der Waals surface area (Å²) in [6.07, 6.45) is 0.485. The molecule has 0 radical (unpaired) electrons. The van der Waals surface area contributed by atoms with E-state index in [0.29, 0.717) is 12.0 Å². The van der Waals surface area contributed by atoms with Crippen LogP contribution in [0.1, 0.15) is 18.4 Å². The van der Waals surface area contributed by atoms with Gasteiger partial charge in [-0.3, -0.25) is 4.79 Å². The molecular weight excluding hydrogens is 225 g/mol. The van der Waals surface area contributed by atoms with Crippen LogP contribution in [0.3, 0.4) is 0 Å². The van der Waals surface area contributed by atoms with Crippen molar-refractivity contribution >= 4 is 5.97 Å². The molecule has 0 aliphatic carbocycles. The van der Waals surface area contributed by atoms with E-state index < -0.39 is 17.2 Å². The smallest absolute Gasteiger partial charge is 0.315 e. The maximum Gasteiger partial charge on any atom is 0.315 e. The topological polar surface area (TPSA) is 83.5 Å². The van der Waals surface area contributed by atoms with Gasteiger partial charge in [0.05, 0.1) is 0 Å². The number of nitrogens with two attached hydrogens (primary N) is 1. The molecule has 1 aromatic rings. The first-order valence-electron chi connectivity index (χ1n) is 5.37. The van der Waals surface area contributed by atoms with E-state index in [1.54, 1.807) is 6.07 Å². The van der Waals surface area contributed by atoms with E-state index in [0.717, 1.165) is 0 Å². The summed E-state index contributed by atoms with van der Waals surface area (Å²) in [5.74, 6) is -1.59. The van der Waals surface area contributed by atoms with Crippen LogP contribution in [0.15, 0.2) is 24.3 Å². The lowest BCUT2D eigenvalue weighted by molar-refractivity contribution is -0.143. The Morgan fingerprint density at radius 1 is 1.47 bits per heavy atom. The number of aliphatic hydroxyl groups excluding tert-OH is 1. The van der Waals surface area contributed by atoms with Crippen molar-refractivity contribution in [3.8, 4) is 0 Å². The van der Waals surface area contributed by atoms with E-state index in [-0.39, 0.29) is 19.6 Å². The minimum absolute atomic E-state index is 0.121. The molecule has 94 valence electrons. The highest BCUT2D eigenvalue weighted by Gasteiger charge is 2.38. The number of carbonyl (C=O) groups is 1. The number of benzene rings is 1. The molecule has 0 aliphatic rings. The minimum Gasteiger partial charge on any atom is -0.481 e. The van der Waals surface area contributed by atoms with Gasteiger partial charge in [0.25, 0.3) is 0 Å². The number of hydrogen-bond acceptors (Lipinski definition) is 3. The van der Waals surface area contributed by atoms with E-state index in [4.69, 9.17) is 10.8 Å². The Hall–Kier alpha value is -1.46. The van der Waals surface area contributed by atoms with Gasteiger partial charge in [0.1, 0.15) is 11.2 Å². The van der Waals surface area contributed by atoms with Crippen molar-refractivity contribution in [2.75, 3.05) is 13.2 Å². The minimum atomic E-state index is -1.33. The van der Waals surface area contributed by atoms with E-state index >= 15 is 0 Å². The number of aliphatic hydroxyl groups is 1. The Morgan fingerprint density at radius 2 is 2.18 bits per heavy atom. The third-order valence-electron chi connectivity index (χ3n) is 2.90. The van der Waals surface area contributed by atoms with Gasteiger partial charge in [-0.25, -0.2) is 4.39 Å². The molecule has 0 aromatic heterocycles. The molecule has 0 amide bonds. The molecule has 17 heavy (non-hydrogen) atoms. The van der Waals surface area contributed by atoms with Gasteiger partial charge < -0.3 is 15.9 Å². The molecule has 5 heteroatoms. The van der Waals surface area contributed by atoms with E-state index in [9.17, 15) is 14.3 Å². The summed E-state index contributed by atoms with van der Waals surface area (Å²) >= 11 is 0. The molecule has 1 aromatic carbocycles. The Balaban J connectivity index is 3.16. The molecule has 0 fully saturated rings. The van der Waals surface area contributed by atoms with Gasteiger partial charge in [0.2, 0.25) is 0 Å². The first kappa shape index (κ1) is 13.6. The third-order valence-corrected chi connectivity index (χ3v) is 2.90. The third kappa shape index (κ3) is 2.81. The van der Waals surface area contributed by atoms with Crippen LogP contribution in [-0.2, 0) is 10.2 Å². The zero-order valence-corrected chi connectivity index (χ0v) is 9.40. The Bertz CT molecular complexity index is 397. The molecule has 0 spiro atoms. The monoisotopic (exact) mass is 241 g/mol. The van der Waals surface area contributed by atoms with Crippen LogP contribution in [0.25, 0.3) is 0 Å². The molecule has 0 bridgehead atoms. The summed E-state index contributed by atoms with van der Waals surface area (Å²) in [6.45, 7) is -0.254. The largest absolute Gasteiger partial charge is 0.481 e. The highest BCUT2D eigenvalue weighted by molar-refractivity contribution is 5.81. The van der Waals surface area contributed by atoms with E-state index in [2.05, 4.69) is 0 Å². The number of halogens is 1. The van der Waals surface area contributed by atoms with Gasteiger partial charge in [-0.15, -0.1) is 0 Å². The quantitative estimate of drug-likeness (QED) is 0.690. The van der Waals surface area contributed by atoms with Crippen molar-refractivity contribution in [3.05, 3.63) is 35.6 Å². The molecule has 1 unspecified atom stereocenters. The lowest BCUT2D eigenvalue weighted by Gasteiger charge is -2.28. The number of hydrogen-bond donors (Lipinski definition) is 3. The summed E-state index contributed by atoms with van der Waals surface area (Å²) in [7, 11) is 0. The van der Waals surface area contributed by atoms with Crippen LogP contribution in [0.4, 0.5) is 4.39 Å². The van der Waals surface area contributed by atoms with Crippen LogP contribution in [-0.4, -0.2) is 29.3 Å². The van der Waals surface area contributed by atoms with Crippen LogP contribution >= 0.6 is 0 Å². The van der Waals surface area contributed by atoms with Crippen molar-refractivity contribution in [3.63, 3.8) is 0 Å². The van der Waals surface area contributed by atoms with Gasteiger partial charge in [0, 0.05) is 13.2 Å². The molecular formula is C12H16FNO3. The molecule has 0 aliphatic heterocycles. The van der Waals surface area contributed by atoms with Gasteiger partial charge in [0.15, 0.2) is 0 Å². The Kier molecular flexibility index (Phi) is 4.60. The molecule has 4 N–H and O–H groups in total. The Labute approximate surface area is 98.9 Å². The van der Waals surface area contributed by atoms with Crippen molar-refractivity contribution < 1.29 is 19.4 Å². The maximum absolute atomic E-state index is 13.1. The SMILES string of the molecule is NCC(CCCO)(C(=O)O)c1cccc(F)c1. The average Bonchev–Trinajstić information content (AvgIpc) is 2.30. The lowest BCUT2D eigenvalue weighted by Crippen LogP contribution is -2.43. The van der Waals surface area contributed by atoms with Crippen LogP contribution in [0.5, 0.6) is 0 Å². The number of carboxylic acids is 1. The Morgan fingerprint density at radius 3 is 2.65 bits per heavy atom. The van der Waals surface area contributed by atoms with Crippen molar-refractivity contribution in [2.45, 2.75) is 18.3 Å². The molecule has 1 rings (SSSR count). The molecule has 0 saturated heterocycles. The zero-order chi connectivity index (χ0) is 12.9. The predicted molar refractivity (Wildman–Crippen MR) is 61.1 cm³/mol. The van der Waals surface area contributed by atoms with Crippen LogP contribution in [0, 0.1) is 5.82 Å². The van der Waals surface area contributed by atoms with Crippen LogP contribution < -0.4 is 5.73 Å².